The molecule has 0 bridgehead atoms. The van der Waals surface area contributed by atoms with Gasteiger partial charge in [0, 0.05) is 6.42 Å². The Hall–Kier alpha value is -1.54. The van der Waals surface area contributed by atoms with E-state index in [-0.39, 0.29) is 12.5 Å². The number of unbranched alkanes of at least 4 members (excludes halogenated alkanes) is 22. The average molecular weight is 795 g/mol. The maximum Gasteiger partial charge on any atom is 0.268 e. The smallest absolute Gasteiger partial charge is 0.268 e. The van der Waals surface area contributed by atoms with E-state index >= 15 is 0 Å². The predicted molar refractivity (Wildman–Crippen MR) is 233 cm³/mol. The van der Waals surface area contributed by atoms with Gasteiger partial charge in [-0.3, -0.25) is 9.36 Å². The third-order valence-corrected chi connectivity index (χ3v) is 10.8. The number of hydrogen-bond acceptors (Lipinski definition) is 6. The van der Waals surface area contributed by atoms with Crippen molar-refractivity contribution in [3.8, 4) is 0 Å². The van der Waals surface area contributed by atoms with Crippen LogP contribution in [0, 0.1) is 0 Å². The standard InChI is InChI=1S/C46H87N2O6P/c1-6-8-10-12-14-16-17-18-19-20-21-22-23-24-25-26-27-28-29-30-32-34-36-38-40-46(50)47-44(43-54-55(51,52)53-42-41-48(3,4)5)45(49)39-37-35-33-31-15-13-11-9-7-2/h7,9,15,24-25,31,37,39,44-45,49H,6,8,10-14,16-23,26-30,32-36,38,40-43H2,1-5H3,(H-,47,50,51,52)/b9-7+,25-24-,31-15+,39-37+. The number of aliphatic hydroxyl groups excluding tert-OH is 1. The summed E-state index contributed by atoms with van der Waals surface area (Å²) in [6, 6.07) is -0.909. The van der Waals surface area contributed by atoms with Gasteiger partial charge in [-0.1, -0.05) is 165 Å². The lowest BCUT2D eigenvalue weighted by Crippen LogP contribution is -2.45. The lowest BCUT2D eigenvalue weighted by molar-refractivity contribution is -0.870. The molecule has 0 fully saturated rings. The minimum Gasteiger partial charge on any atom is -0.756 e. The van der Waals surface area contributed by atoms with Crippen molar-refractivity contribution in [1.82, 2.24) is 5.32 Å². The van der Waals surface area contributed by atoms with E-state index in [4.69, 9.17) is 9.05 Å². The van der Waals surface area contributed by atoms with Crippen LogP contribution in [-0.4, -0.2) is 68.5 Å². The second-order valence-corrected chi connectivity index (χ2v) is 17.8. The highest BCUT2D eigenvalue weighted by molar-refractivity contribution is 7.45. The molecule has 2 N–H and O–H groups in total. The van der Waals surface area contributed by atoms with Gasteiger partial charge in [0.15, 0.2) is 0 Å². The van der Waals surface area contributed by atoms with Crippen molar-refractivity contribution in [3.05, 3.63) is 48.6 Å². The number of hydrogen-bond donors (Lipinski definition) is 2. The monoisotopic (exact) mass is 795 g/mol. The molecule has 0 spiro atoms. The van der Waals surface area contributed by atoms with Gasteiger partial charge in [0.25, 0.3) is 7.82 Å². The maximum atomic E-state index is 12.8. The molecule has 0 aliphatic rings. The van der Waals surface area contributed by atoms with E-state index in [1.807, 2.05) is 40.2 Å². The van der Waals surface area contributed by atoms with Gasteiger partial charge >= 0.3 is 0 Å². The summed E-state index contributed by atoms with van der Waals surface area (Å²) in [6.07, 6.45) is 47.7. The van der Waals surface area contributed by atoms with Crippen molar-refractivity contribution < 1.29 is 32.9 Å². The Morgan fingerprint density at radius 1 is 0.655 bits per heavy atom. The zero-order valence-electron chi connectivity index (χ0n) is 36.4. The van der Waals surface area contributed by atoms with Crippen molar-refractivity contribution in [1.29, 1.82) is 0 Å². The number of nitrogens with one attached hydrogen (secondary N) is 1. The zero-order chi connectivity index (χ0) is 40.7. The van der Waals surface area contributed by atoms with Crippen molar-refractivity contribution in [2.45, 2.75) is 199 Å². The molecule has 0 aliphatic heterocycles. The van der Waals surface area contributed by atoms with Crippen molar-refractivity contribution in [2.24, 2.45) is 0 Å². The molecule has 0 rings (SSSR count). The third kappa shape index (κ3) is 40.5. The van der Waals surface area contributed by atoms with E-state index in [0.717, 1.165) is 44.9 Å². The first-order valence-electron chi connectivity index (χ1n) is 22.5. The summed E-state index contributed by atoms with van der Waals surface area (Å²) in [5.41, 5.74) is 0. The van der Waals surface area contributed by atoms with E-state index < -0.39 is 26.6 Å². The second kappa shape index (κ2) is 38.0. The number of allylic oxidation sites excluding steroid dienone is 7. The number of aliphatic hydroxyl groups is 1. The van der Waals surface area contributed by atoms with Crippen LogP contribution in [0.15, 0.2) is 48.6 Å². The number of rotatable bonds is 40. The number of carbonyl (C=O) groups excluding carboxylic acids is 1. The van der Waals surface area contributed by atoms with Crippen LogP contribution < -0.4 is 10.2 Å². The van der Waals surface area contributed by atoms with Crippen LogP contribution in [0.3, 0.4) is 0 Å². The molecule has 0 saturated heterocycles. The van der Waals surface area contributed by atoms with Crippen molar-refractivity contribution >= 4 is 13.7 Å². The highest BCUT2D eigenvalue weighted by Gasteiger charge is 2.23. The van der Waals surface area contributed by atoms with Gasteiger partial charge in [0.05, 0.1) is 39.9 Å². The Labute approximate surface area is 339 Å². The summed E-state index contributed by atoms with van der Waals surface area (Å²) >= 11 is 0. The Morgan fingerprint density at radius 3 is 1.58 bits per heavy atom. The van der Waals surface area contributed by atoms with Crippen molar-refractivity contribution in [3.63, 3.8) is 0 Å². The first-order valence-corrected chi connectivity index (χ1v) is 23.9. The molecule has 0 aliphatic carbocycles. The Kier molecular flexibility index (Phi) is 36.9. The summed E-state index contributed by atoms with van der Waals surface area (Å²) < 4.78 is 23.1. The molecule has 0 saturated carbocycles. The minimum absolute atomic E-state index is 0.0110. The van der Waals surface area contributed by atoms with Crippen LogP contribution in [-0.2, 0) is 18.4 Å². The average Bonchev–Trinajstić information content (AvgIpc) is 3.13. The van der Waals surface area contributed by atoms with E-state index in [2.05, 4.69) is 42.6 Å². The summed E-state index contributed by atoms with van der Waals surface area (Å²) in [5, 5.41) is 13.7. The van der Waals surface area contributed by atoms with Gasteiger partial charge in [-0.05, 0) is 64.7 Å². The van der Waals surface area contributed by atoms with Crippen LogP contribution >= 0.6 is 7.82 Å². The predicted octanol–water partition coefficient (Wildman–Crippen LogP) is 11.8. The fourth-order valence-corrected chi connectivity index (χ4v) is 6.97. The molecule has 0 aromatic rings. The van der Waals surface area contributed by atoms with Gasteiger partial charge in [-0.15, -0.1) is 0 Å². The largest absolute Gasteiger partial charge is 0.756 e. The van der Waals surface area contributed by atoms with Crippen molar-refractivity contribution in [2.75, 3.05) is 40.9 Å². The number of quaternary nitrogens is 1. The Morgan fingerprint density at radius 2 is 1.09 bits per heavy atom. The van der Waals surface area contributed by atoms with Gasteiger partial charge in [0.2, 0.25) is 5.91 Å². The molecule has 55 heavy (non-hydrogen) atoms. The van der Waals surface area contributed by atoms with Gasteiger partial charge < -0.3 is 28.8 Å². The molecular formula is C46H87N2O6P. The molecule has 8 nitrogen and oxygen atoms in total. The first-order chi connectivity index (χ1) is 26.5. The fraction of sp³-hybridized carbons (Fsp3) is 0.804. The van der Waals surface area contributed by atoms with Crippen LogP contribution in [0.4, 0.5) is 0 Å². The SMILES string of the molecule is C/C=C/CC/C=C/CC/C=C/C(O)C(COP(=O)([O-])OCC[N+](C)(C)C)NC(=O)CCCCCCCCCC/C=C\CCCCCCCCCCCCCC. The number of likely N-dealkylation sites (N-methyl/N-ethyl adjacent to an activating group) is 1. The lowest BCUT2D eigenvalue weighted by Gasteiger charge is -2.29. The lowest BCUT2D eigenvalue weighted by atomic mass is 10.0. The zero-order valence-corrected chi connectivity index (χ0v) is 37.3. The quantitative estimate of drug-likeness (QED) is 0.0277. The number of phosphoric acid groups is 1. The number of nitrogens with zero attached hydrogens (tertiary/aromatic N) is 1. The van der Waals surface area contributed by atoms with E-state index in [1.165, 1.54) is 122 Å². The maximum absolute atomic E-state index is 12.8. The van der Waals surface area contributed by atoms with Crippen LogP contribution in [0.1, 0.15) is 187 Å². The van der Waals surface area contributed by atoms with Crippen LogP contribution in [0.5, 0.6) is 0 Å². The van der Waals surface area contributed by atoms with E-state index in [0.29, 0.717) is 17.4 Å². The fourth-order valence-electron chi connectivity index (χ4n) is 6.24. The number of amides is 1. The number of carbonyl (C=O) groups is 1. The highest BCUT2D eigenvalue weighted by atomic mass is 31.2. The summed E-state index contributed by atoms with van der Waals surface area (Å²) in [5.74, 6) is -0.219. The molecule has 0 aromatic carbocycles. The summed E-state index contributed by atoms with van der Waals surface area (Å²) in [4.78, 5) is 25.2. The molecule has 322 valence electrons. The highest BCUT2D eigenvalue weighted by Crippen LogP contribution is 2.38. The topological polar surface area (TPSA) is 108 Å². The molecular weight excluding hydrogens is 707 g/mol. The normalized spacial score (nSPS) is 14.8. The number of phosphoric ester groups is 1. The Bertz CT molecular complexity index is 1040. The van der Waals surface area contributed by atoms with Gasteiger partial charge in [-0.2, -0.15) is 0 Å². The molecule has 3 atom stereocenters. The summed E-state index contributed by atoms with van der Waals surface area (Å²) in [6.45, 7) is 4.37. The Balaban J connectivity index is 4.20. The summed E-state index contributed by atoms with van der Waals surface area (Å²) in [7, 11) is 1.23. The van der Waals surface area contributed by atoms with Gasteiger partial charge in [0.1, 0.15) is 13.2 Å². The minimum atomic E-state index is -4.59. The molecule has 9 heteroatoms. The molecule has 0 heterocycles. The van der Waals surface area contributed by atoms with E-state index in [1.54, 1.807) is 6.08 Å². The van der Waals surface area contributed by atoms with Crippen LogP contribution in [0.2, 0.25) is 0 Å². The molecule has 0 aromatic heterocycles. The van der Waals surface area contributed by atoms with Gasteiger partial charge in [-0.25, -0.2) is 0 Å². The second-order valence-electron chi connectivity index (χ2n) is 16.4. The molecule has 3 unspecified atom stereocenters. The molecule has 0 radical (unpaired) electrons. The third-order valence-electron chi connectivity index (χ3n) is 9.83. The first kappa shape index (κ1) is 53.5. The van der Waals surface area contributed by atoms with E-state index in [9.17, 15) is 19.4 Å². The van der Waals surface area contributed by atoms with Crippen LogP contribution in [0.25, 0.3) is 0 Å². The molecule has 1 amide bonds.